The summed E-state index contributed by atoms with van der Waals surface area (Å²) >= 11 is 13.2. The number of halogens is 2. The summed E-state index contributed by atoms with van der Waals surface area (Å²) in [5.41, 5.74) is 1.18. The molecule has 3 aliphatic rings. The van der Waals surface area contributed by atoms with E-state index in [-0.39, 0.29) is 18.4 Å². The Balaban J connectivity index is 1.54. The molecule has 3 aromatic rings. The molecule has 6 nitrogen and oxygen atoms in total. The number of nitrogens with one attached hydrogen (secondary N) is 1. The van der Waals surface area contributed by atoms with Gasteiger partial charge in [0.25, 0.3) is 5.91 Å². The van der Waals surface area contributed by atoms with E-state index in [9.17, 15) is 14.0 Å². The van der Waals surface area contributed by atoms with Gasteiger partial charge < -0.3 is 10.1 Å². The minimum absolute atomic E-state index is 0.237. The van der Waals surface area contributed by atoms with E-state index in [2.05, 4.69) is 5.32 Å². The van der Waals surface area contributed by atoms with E-state index < -0.39 is 22.0 Å². The lowest BCUT2D eigenvalue weighted by molar-refractivity contribution is -0.138. The molecular weight excluding hydrogens is 545 g/mol. The number of likely N-dealkylation sites (tertiary alicyclic amines) is 1. The Labute approximate surface area is 234 Å². The van der Waals surface area contributed by atoms with Gasteiger partial charge in [-0.2, -0.15) is 0 Å². The van der Waals surface area contributed by atoms with Gasteiger partial charge in [-0.1, -0.05) is 59.8 Å². The number of amides is 2. The molecule has 1 N–H and O–H groups in total. The topological polar surface area (TPSA) is 61.9 Å². The third-order valence-electron chi connectivity index (χ3n) is 7.81. The molecule has 3 heterocycles. The molecule has 0 radical (unpaired) electrons. The number of ether oxygens (including phenoxy) is 1. The summed E-state index contributed by atoms with van der Waals surface area (Å²) in [6.07, 6.45) is 0. The summed E-state index contributed by atoms with van der Waals surface area (Å²) in [6.45, 7) is 0.615. The number of hydrogen-bond donors (Lipinski definition) is 1. The number of fused-ring (bicyclic) bond motifs is 3. The van der Waals surface area contributed by atoms with E-state index in [1.165, 1.54) is 23.9 Å². The van der Waals surface area contributed by atoms with Crippen LogP contribution in [0.15, 0.2) is 66.7 Å². The molecule has 3 atom stereocenters. The number of rotatable bonds is 4. The molecule has 2 saturated heterocycles. The van der Waals surface area contributed by atoms with Crippen molar-refractivity contribution in [2.75, 3.05) is 26.0 Å². The fraction of sp³-hybridized carbons (Fsp3) is 0.250. The Morgan fingerprint density at radius 3 is 2.53 bits per heavy atom. The Hall–Kier alpha value is -2.98. The number of benzene rings is 3. The number of methoxy groups -OCH3 is 1. The van der Waals surface area contributed by atoms with E-state index in [4.69, 9.17) is 28.6 Å². The van der Waals surface area contributed by atoms with Crippen molar-refractivity contribution >= 4 is 57.4 Å². The van der Waals surface area contributed by atoms with Gasteiger partial charge >= 0.3 is 0 Å². The normalized spacial score (nSPS) is 26.5. The predicted octanol–water partition coefficient (Wildman–Crippen LogP) is 5.16. The van der Waals surface area contributed by atoms with Crippen LogP contribution in [0.1, 0.15) is 22.6 Å². The van der Waals surface area contributed by atoms with Gasteiger partial charge in [-0.15, -0.1) is 0 Å². The van der Waals surface area contributed by atoms with Crippen LogP contribution in [0, 0.1) is 5.82 Å². The van der Waals surface area contributed by atoms with Crippen molar-refractivity contribution in [2.45, 2.75) is 22.7 Å². The number of hydrogen-bond acceptors (Lipinski definition) is 6. The van der Waals surface area contributed by atoms with Crippen LogP contribution >= 0.6 is 35.6 Å². The Bertz CT molecular complexity index is 1490. The molecule has 2 fully saturated rings. The van der Waals surface area contributed by atoms with Crippen molar-refractivity contribution in [3.63, 3.8) is 0 Å². The SMILES string of the molecule is COc1ccc(CN2C(=O)[C@]3(SC2=S)[C@H](c2ccc(Cl)cc2)CN(C)[C@@]32C(=O)Nc3ccc(F)cc32)cc1. The molecule has 10 heteroatoms. The maximum absolute atomic E-state index is 14.7. The zero-order valence-corrected chi connectivity index (χ0v) is 22.9. The number of nitrogens with zero attached hydrogens (tertiary/aromatic N) is 2. The highest BCUT2D eigenvalue weighted by Crippen LogP contribution is 2.66. The third-order valence-corrected chi connectivity index (χ3v) is 10.0. The van der Waals surface area contributed by atoms with Gasteiger partial charge in [-0.25, -0.2) is 4.39 Å². The monoisotopic (exact) mass is 567 g/mol. The standard InChI is InChI=1S/C28H23ClFN3O3S2/c1-32-15-22(17-5-7-18(29)8-6-17)28(27(32)21-13-19(30)9-12-23(21)31-24(27)34)25(35)33(26(37)38-28)14-16-3-10-20(36-2)11-4-16/h3-13,22H,14-15H2,1-2H3,(H,31,34)/t22-,27-,28+/m0/s1. The molecule has 0 unspecified atom stereocenters. The number of carbonyl (C=O) groups is 2. The van der Waals surface area contributed by atoms with Gasteiger partial charge in [-0.05, 0) is 60.6 Å². The molecule has 3 aliphatic heterocycles. The van der Waals surface area contributed by atoms with Crippen LogP contribution in [0.5, 0.6) is 5.75 Å². The summed E-state index contributed by atoms with van der Waals surface area (Å²) in [7, 11) is 3.40. The highest BCUT2D eigenvalue weighted by molar-refractivity contribution is 8.25. The van der Waals surface area contributed by atoms with Crippen LogP contribution in [-0.2, 0) is 21.7 Å². The van der Waals surface area contributed by atoms with Gasteiger partial charge in [0.2, 0.25) is 5.91 Å². The van der Waals surface area contributed by atoms with Crippen molar-refractivity contribution in [3.05, 3.63) is 94.3 Å². The predicted molar refractivity (Wildman–Crippen MR) is 150 cm³/mol. The van der Waals surface area contributed by atoms with Crippen molar-refractivity contribution in [1.29, 1.82) is 0 Å². The number of carbonyl (C=O) groups excluding carboxylic acids is 2. The summed E-state index contributed by atoms with van der Waals surface area (Å²) < 4.78 is 18.9. The quantitative estimate of drug-likeness (QED) is 0.439. The first-order valence-electron chi connectivity index (χ1n) is 12.0. The Morgan fingerprint density at radius 2 is 1.84 bits per heavy atom. The molecule has 3 aromatic carbocycles. The summed E-state index contributed by atoms with van der Waals surface area (Å²) in [6, 6.07) is 18.9. The molecule has 2 spiro atoms. The van der Waals surface area contributed by atoms with Crippen LogP contribution < -0.4 is 10.1 Å². The lowest BCUT2D eigenvalue weighted by Gasteiger charge is -2.41. The highest BCUT2D eigenvalue weighted by Gasteiger charge is 2.77. The molecular formula is C28H23ClFN3O3S2. The van der Waals surface area contributed by atoms with Crippen LogP contribution in [-0.4, -0.2) is 51.4 Å². The maximum Gasteiger partial charge on any atom is 0.251 e. The number of thiocarbonyl (C=S) groups is 1. The summed E-state index contributed by atoms with van der Waals surface area (Å²) in [4.78, 5) is 32.2. The van der Waals surface area contributed by atoms with E-state index in [1.54, 1.807) is 37.3 Å². The number of anilines is 1. The summed E-state index contributed by atoms with van der Waals surface area (Å²) in [5.74, 6) is -0.852. The molecule has 0 aromatic heterocycles. The van der Waals surface area contributed by atoms with Crippen LogP contribution in [0.25, 0.3) is 0 Å². The van der Waals surface area contributed by atoms with Gasteiger partial charge in [0, 0.05) is 28.7 Å². The number of thioether (sulfide) groups is 1. The second-order valence-electron chi connectivity index (χ2n) is 9.68. The van der Waals surface area contributed by atoms with Crippen molar-refractivity contribution in [3.8, 4) is 5.75 Å². The van der Waals surface area contributed by atoms with Gasteiger partial charge in [0.05, 0.1) is 13.7 Å². The zero-order valence-electron chi connectivity index (χ0n) is 20.5. The minimum atomic E-state index is -1.48. The van der Waals surface area contributed by atoms with Gasteiger partial charge in [0.15, 0.2) is 5.54 Å². The largest absolute Gasteiger partial charge is 0.497 e. The molecule has 0 aliphatic carbocycles. The molecule has 2 amide bonds. The van der Waals surface area contributed by atoms with Crippen molar-refractivity contribution < 1.29 is 18.7 Å². The lowest BCUT2D eigenvalue weighted by atomic mass is 9.72. The van der Waals surface area contributed by atoms with Crippen molar-refractivity contribution in [1.82, 2.24) is 9.80 Å². The molecule has 6 rings (SSSR count). The van der Waals surface area contributed by atoms with E-state index in [1.807, 2.05) is 41.3 Å². The Morgan fingerprint density at radius 1 is 1.13 bits per heavy atom. The second-order valence-corrected chi connectivity index (χ2v) is 12.0. The fourth-order valence-electron chi connectivity index (χ4n) is 6.14. The van der Waals surface area contributed by atoms with E-state index >= 15 is 0 Å². The highest BCUT2D eigenvalue weighted by atomic mass is 35.5. The van der Waals surface area contributed by atoms with Crippen LogP contribution in [0.3, 0.4) is 0 Å². The fourth-order valence-corrected chi connectivity index (χ4v) is 8.39. The average molecular weight is 568 g/mol. The average Bonchev–Trinajstić information content (AvgIpc) is 3.44. The second kappa shape index (κ2) is 9.05. The van der Waals surface area contributed by atoms with Crippen LogP contribution in [0.2, 0.25) is 5.02 Å². The molecule has 38 heavy (non-hydrogen) atoms. The van der Waals surface area contributed by atoms with Crippen LogP contribution in [0.4, 0.5) is 10.1 Å². The first kappa shape index (κ1) is 25.3. The van der Waals surface area contributed by atoms with E-state index in [0.29, 0.717) is 32.9 Å². The van der Waals surface area contributed by atoms with Gasteiger partial charge in [0.1, 0.15) is 20.6 Å². The third kappa shape index (κ3) is 3.38. The molecule has 0 bridgehead atoms. The molecule has 0 saturated carbocycles. The minimum Gasteiger partial charge on any atom is -0.497 e. The summed E-state index contributed by atoms with van der Waals surface area (Å²) in [5, 5.41) is 3.49. The van der Waals surface area contributed by atoms with Crippen molar-refractivity contribution in [2.24, 2.45) is 0 Å². The zero-order chi connectivity index (χ0) is 26.8. The first-order valence-corrected chi connectivity index (χ1v) is 13.6. The van der Waals surface area contributed by atoms with E-state index in [0.717, 1.165) is 11.1 Å². The first-order chi connectivity index (χ1) is 18.2. The molecule has 194 valence electrons. The maximum atomic E-state index is 14.7. The van der Waals surface area contributed by atoms with Gasteiger partial charge in [-0.3, -0.25) is 19.4 Å². The lowest BCUT2D eigenvalue weighted by Crippen LogP contribution is -2.61. The smallest absolute Gasteiger partial charge is 0.251 e. The number of likely N-dealkylation sites (N-methyl/N-ethyl adjacent to an activating group) is 1. The Kier molecular flexibility index (Phi) is 6.03.